The van der Waals surface area contributed by atoms with E-state index in [9.17, 15) is 0 Å². The van der Waals surface area contributed by atoms with Crippen molar-refractivity contribution in [1.29, 1.82) is 0 Å². The molecule has 0 saturated carbocycles. The zero-order valence-electron chi connectivity index (χ0n) is 20.0. The summed E-state index contributed by atoms with van der Waals surface area (Å²) in [5, 5.41) is 0. The molecule has 1 aliphatic rings. The molecule has 0 spiro atoms. The van der Waals surface area contributed by atoms with Crippen molar-refractivity contribution in [3.05, 3.63) is 120 Å². The molecule has 0 amide bonds. The third kappa shape index (κ3) is 8.13. The maximum absolute atomic E-state index is 6.38. The van der Waals surface area contributed by atoms with E-state index >= 15 is 0 Å². The van der Waals surface area contributed by atoms with E-state index in [1.54, 1.807) is 6.08 Å². The van der Waals surface area contributed by atoms with Gasteiger partial charge >= 0.3 is 0 Å². The van der Waals surface area contributed by atoms with Crippen molar-refractivity contribution >= 4 is 0 Å². The molecule has 35 heavy (non-hydrogen) atoms. The van der Waals surface area contributed by atoms with E-state index in [1.165, 1.54) is 0 Å². The van der Waals surface area contributed by atoms with Gasteiger partial charge in [-0.15, -0.1) is 6.58 Å². The second-order valence-corrected chi connectivity index (χ2v) is 8.57. The van der Waals surface area contributed by atoms with Gasteiger partial charge in [0.1, 0.15) is 12.2 Å². The Morgan fingerprint density at radius 3 is 1.74 bits per heavy atom. The van der Waals surface area contributed by atoms with Crippen LogP contribution >= 0.6 is 0 Å². The summed E-state index contributed by atoms with van der Waals surface area (Å²) in [6.45, 7) is 6.03. The molecule has 4 atom stereocenters. The lowest BCUT2D eigenvalue weighted by molar-refractivity contribution is -0.287. The van der Waals surface area contributed by atoms with Crippen molar-refractivity contribution in [2.45, 2.75) is 50.8 Å². The van der Waals surface area contributed by atoms with E-state index in [-0.39, 0.29) is 18.3 Å². The molecule has 5 nitrogen and oxygen atoms in total. The highest BCUT2D eigenvalue weighted by Gasteiger charge is 2.40. The van der Waals surface area contributed by atoms with Crippen LogP contribution in [0.5, 0.6) is 0 Å². The average molecular weight is 475 g/mol. The Labute approximate surface area is 208 Å². The van der Waals surface area contributed by atoms with E-state index in [2.05, 4.69) is 30.8 Å². The van der Waals surface area contributed by atoms with Gasteiger partial charge in [-0.25, -0.2) is 0 Å². The summed E-state index contributed by atoms with van der Waals surface area (Å²) in [5.41, 5.74) is 3.34. The maximum Gasteiger partial charge on any atom is 0.184 e. The van der Waals surface area contributed by atoms with Gasteiger partial charge in [0.2, 0.25) is 0 Å². The van der Waals surface area contributed by atoms with Gasteiger partial charge in [-0.3, -0.25) is 0 Å². The lowest BCUT2D eigenvalue weighted by atomic mass is 10.0. The van der Waals surface area contributed by atoms with Gasteiger partial charge in [-0.05, 0) is 16.7 Å². The zero-order chi connectivity index (χ0) is 24.1. The molecule has 0 unspecified atom stereocenters. The van der Waals surface area contributed by atoms with Crippen LogP contribution in [0.4, 0.5) is 0 Å². The molecule has 0 aromatic heterocycles. The second kappa shape index (κ2) is 13.9. The van der Waals surface area contributed by atoms with Crippen LogP contribution in [0.3, 0.4) is 0 Å². The van der Waals surface area contributed by atoms with Crippen LogP contribution in [0, 0.1) is 0 Å². The van der Waals surface area contributed by atoms with Crippen LogP contribution in [-0.4, -0.2) is 37.8 Å². The summed E-state index contributed by atoms with van der Waals surface area (Å²) >= 11 is 0. The molecule has 184 valence electrons. The predicted octanol–water partition coefficient (Wildman–Crippen LogP) is 5.69. The predicted molar refractivity (Wildman–Crippen MR) is 136 cm³/mol. The molecule has 1 heterocycles. The zero-order valence-corrected chi connectivity index (χ0v) is 20.0. The fraction of sp³-hybridized carbons (Fsp3) is 0.333. The standard InChI is InChI=1S/C30H34O5/c1-2-18-32-30-28(34-22-26-16-10-5-11-17-26)19-27(33-21-25-14-8-4-9-15-25)29(35-30)23-31-20-24-12-6-3-7-13-24/h2-17,27-30H,1,18-23H2/t27-,28+,29+,30+/m0/s1. The lowest BCUT2D eigenvalue weighted by Gasteiger charge is -2.40. The van der Waals surface area contributed by atoms with Gasteiger partial charge in [0, 0.05) is 6.42 Å². The first-order chi connectivity index (χ1) is 17.3. The van der Waals surface area contributed by atoms with Crippen molar-refractivity contribution in [2.24, 2.45) is 0 Å². The molecule has 0 N–H and O–H groups in total. The summed E-state index contributed by atoms with van der Waals surface area (Å²) in [6.07, 6.45) is 1.07. The van der Waals surface area contributed by atoms with Crippen LogP contribution < -0.4 is 0 Å². The van der Waals surface area contributed by atoms with Gasteiger partial charge in [-0.1, -0.05) is 97.1 Å². The van der Waals surface area contributed by atoms with Gasteiger partial charge < -0.3 is 23.7 Å². The number of hydrogen-bond donors (Lipinski definition) is 0. The highest BCUT2D eigenvalue weighted by molar-refractivity contribution is 5.15. The van der Waals surface area contributed by atoms with E-state index in [1.807, 2.05) is 66.7 Å². The van der Waals surface area contributed by atoms with Gasteiger partial charge in [0.15, 0.2) is 6.29 Å². The summed E-state index contributed by atoms with van der Waals surface area (Å²) in [6, 6.07) is 30.4. The molecule has 1 aliphatic heterocycles. The van der Waals surface area contributed by atoms with Crippen LogP contribution in [0.25, 0.3) is 0 Å². The van der Waals surface area contributed by atoms with E-state index in [4.69, 9.17) is 23.7 Å². The molecule has 3 aromatic carbocycles. The molecule has 1 saturated heterocycles. The fourth-order valence-electron chi connectivity index (χ4n) is 4.04. The smallest absolute Gasteiger partial charge is 0.184 e. The number of ether oxygens (including phenoxy) is 5. The minimum absolute atomic E-state index is 0.199. The Morgan fingerprint density at radius 2 is 1.20 bits per heavy atom. The third-order valence-electron chi connectivity index (χ3n) is 5.88. The molecular formula is C30H34O5. The Morgan fingerprint density at radius 1 is 0.686 bits per heavy atom. The minimum atomic E-state index is -0.529. The molecule has 5 heteroatoms. The summed E-state index contributed by atoms with van der Waals surface area (Å²) in [5.74, 6) is 0. The molecule has 3 aromatic rings. The third-order valence-corrected chi connectivity index (χ3v) is 5.88. The van der Waals surface area contributed by atoms with Crippen molar-refractivity contribution in [1.82, 2.24) is 0 Å². The van der Waals surface area contributed by atoms with E-state index in [0.717, 1.165) is 16.7 Å². The average Bonchev–Trinajstić information content (AvgIpc) is 2.92. The highest BCUT2D eigenvalue weighted by Crippen LogP contribution is 2.28. The van der Waals surface area contributed by atoms with Gasteiger partial charge in [0.25, 0.3) is 0 Å². The lowest BCUT2D eigenvalue weighted by Crippen LogP contribution is -2.52. The monoisotopic (exact) mass is 474 g/mol. The fourth-order valence-corrected chi connectivity index (χ4v) is 4.04. The first kappa shape index (κ1) is 25.3. The molecule has 4 rings (SSSR count). The number of rotatable bonds is 13. The van der Waals surface area contributed by atoms with Crippen LogP contribution in [0.15, 0.2) is 104 Å². The number of benzene rings is 3. The SMILES string of the molecule is C=CCO[C@@H]1O[C@H](COCc2ccccc2)[C@@H](OCc2ccccc2)C[C@H]1OCc1ccccc1. The first-order valence-corrected chi connectivity index (χ1v) is 12.1. The van der Waals surface area contributed by atoms with Crippen molar-refractivity contribution in [3.8, 4) is 0 Å². The number of hydrogen-bond acceptors (Lipinski definition) is 5. The van der Waals surface area contributed by atoms with Crippen LogP contribution in [0.1, 0.15) is 23.1 Å². The summed E-state index contributed by atoms with van der Waals surface area (Å²) < 4.78 is 31.0. The quantitative estimate of drug-likeness (QED) is 0.298. The Balaban J connectivity index is 1.42. The topological polar surface area (TPSA) is 46.2 Å². The van der Waals surface area contributed by atoms with Crippen molar-refractivity contribution < 1.29 is 23.7 Å². The van der Waals surface area contributed by atoms with Crippen LogP contribution in [0.2, 0.25) is 0 Å². The van der Waals surface area contributed by atoms with Crippen molar-refractivity contribution in [3.63, 3.8) is 0 Å². The highest BCUT2D eigenvalue weighted by atomic mass is 16.7. The van der Waals surface area contributed by atoms with Crippen LogP contribution in [-0.2, 0) is 43.5 Å². The largest absolute Gasteiger partial charge is 0.374 e. The van der Waals surface area contributed by atoms with E-state index < -0.39 is 6.29 Å². The Bertz CT molecular complexity index is 979. The van der Waals surface area contributed by atoms with Gasteiger partial charge in [0.05, 0.1) is 39.1 Å². The van der Waals surface area contributed by atoms with E-state index in [0.29, 0.717) is 39.5 Å². The summed E-state index contributed by atoms with van der Waals surface area (Å²) in [4.78, 5) is 0. The molecular weight excluding hydrogens is 440 g/mol. The Kier molecular flexibility index (Phi) is 10.1. The Hall–Kier alpha value is -2.80. The minimum Gasteiger partial charge on any atom is -0.374 e. The second-order valence-electron chi connectivity index (χ2n) is 8.57. The molecule has 0 aliphatic carbocycles. The summed E-state index contributed by atoms with van der Waals surface area (Å²) in [7, 11) is 0. The molecule has 0 bridgehead atoms. The normalized spacial score (nSPS) is 22.1. The molecule has 1 fully saturated rings. The maximum atomic E-state index is 6.38. The molecule has 0 radical (unpaired) electrons. The van der Waals surface area contributed by atoms with Gasteiger partial charge in [-0.2, -0.15) is 0 Å². The first-order valence-electron chi connectivity index (χ1n) is 12.1. The van der Waals surface area contributed by atoms with Crippen molar-refractivity contribution in [2.75, 3.05) is 13.2 Å².